The Morgan fingerprint density at radius 3 is 2.56 bits per heavy atom. The Balaban J connectivity index is 0.00000162. The van der Waals surface area contributed by atoms with E-state index < -0.39 is 0 Å². The van der Waals surface area contributed by atoms with Crippen molar-refractivity contribution in [1.29, 1.82) is 5.26 Å². The van der Waals surface area contributed by atoms with Gasteiger partial charge in [-0.05, 0) is 13.8 Å². The van der Waals surface area contributed by atoms with E-state index in [-0.39, 0.29) is 24.0 Å². The molecule has 0 N–H and O–H groups in total. The molecule has 3 nitrogen and oxygen atoms in total. The van der Waals surface area contributed by atoms with E-state index in [2.05, 4.69) is 36.0 Å². The summed E-state index contributed by atoms with van der Waals surface area (Å²) in [7, 11) is 0. The third-order valence-electron chi connectivity index (χ3n) is 3.18. The first kappa shape index (κ1) is 15.3. The number of halogens is 2. The van der Waals surface area contributed by atoms with Gasteiger partial charge in [0, 0.05) is 19.1 Å². The molecule has 0 atom stereocenters. The second kappa shape index (κ2) is 5.89. The SMILES string of the molecule is CCn1c(C)[n+](CC)c2cc(C#N)c(Cl)cc21.[I-]. The van der Waals surface area contributed by atoms with Crippen LogP contribution in [-0.2, 0) is 13.1 Å². The van der Waals surface area contributed by atoms with Crippen LogP contribution in [-0.4, -0.2) is 4.57 Å². The van der Waals surface area contributed by atoms with Crippen molar-refractivity contribution in [1.82, 2.24) is 4.57 Å². The van der Waals surface area contributed by atoms with Crippen molar-refractivity contribution in [2.75, 3.05) is 0 Å². The van der Waals surface area contributed by atoms with Gasteiger partial charge in [-0.25, -0.2) is 9.13 Å². The molecule has 0 aliphatic rings. The molecule has 0 aliphatic heterocycles. The van der Waals surface area contributed by atoms with Crippen LogP contribution in [0.15, 0.2) is 12.1 Å². The maximum Gasteiger partial charge on any atom is 0.254 e. The van der Waals surface area contributed by atoms with Crippen LogP contribution in [0.1, 0.15) is 25.2 Å². The molecule has 5 heteroatoms. The van der Waals surface area contributed by atoms with E-state index in [1.165, 1.54) is 5.82 Å². The van der Waals surface area contributed by atoms with Crippen LogP contribution in [0.3, 0.4) is 0 Å². The number of aromatic nitrogens is 2. The summed E-state index contributed by atoms with van der Waals surface area (Å²) in [5, 5.41) is 9.55. The predicted molar refractivity (Wildman–Crippen MR) is 67.9 cm³/mol. The van der Waals surface area contributed by atoms with E-state index >= 15 is 0 Å². The molecule has 96 valence electrons. The summed E-state index contributed by atoms with van der Waals surface area (Å²) in [5.74, 6) is 1.19. The van der Waals surface area contributed by atoms with Crippen LogP contribution in [0.2, 0.25) is 5.02 Å². The molecule has 1 aromatic carbocycles. The number of aryl methyl sites for hydroxylation is 2. The minimum Gasteiger partial charge on any atom is -1.00 e. The van der Waals surface area contributed by atoms with Gasteiger partial charge in [-0.1, -0.05) is 11.6 Å². The number of imidazole rings is 1. The molecule has 18 heavy (non-hydrogen) atoms. The first-order chi connectivity index (χ1) is 8.13. The molecule has 2 aromatic rings. The Morgan fingerprint density at radius 1 is 1.39 bits per heavy atom. The van der Waals surface area contributed by atoms with Gasteiger partial charge in [0.2, 0.25) is 0 Å². The van der Waals surface area contributed by atoms with Crippen molar-refractivity contribution in [2.24, 2.45) is 0 Å². The van der Waals surface area contributed by atoms with Crippen LogP contribution >= 0.6 is 11.6 Å². The van der Waals surface area contributed by atoms with Gasteiger partial charge in [-0.3, -0.25) is 0 Å². The average Bonchev–Trinajstić information content (AvgIpc) is 2.58. The third kappa shape index (κ3) is 2.21. The van der Waals surface area contributed by atoms with Crippen molar-refractivity contribution in [3.63, 3.8) is 0 Å². The Kier molecular flexibility index (Phi) is 5.00. The molecule has 0 bridgehead atoms. The van der Waals surface area contributed by atoms with E-state index in [4.69, 9.17) is 16.9 Å². The topological polar surface area (TPSA) is 32.6 Å². The second-order valence-electron chi connectivity index (χ2n) is 3.97. The van der Waals surface area contributed by atoms with Crippen LogP contribution in [0, 0.1) is 18.3 Å². The summed E-state index contributed by atoms with van der Waals surface area (Å²) in [6.07, 6.45) is 0. The summed E-state index contributed by atoms with van der Waals surface area (Å²) < 4.78 is 4.42. The standard InChI is InChI=1S/C13H15ClN3.HI/c1-4-16-9(3)17(5-2)13-7-11(14)10(8-15)6-12(13)16;/h6-7H,4-5H2,1-3H3;1H/q+1;/p-1. The normalized spacial score (nSPS) is 10.2. The third-order valence-corrected chi connectivity index (χ3v) is 3.49. The molecule has 0 amide bonds. The fourth-order valence-corrected chi connectivity index (χ4v) is 2.56. The minimum absolute atomic E-state index is 0. The first-order valence-corrected chi connectivity index (χ1v) is 6.14. The van der Waals surface area contributed by atoms with Crippen LogP contribution in [0.4, 0.5) is 0 Å². The fourth-order valence-electron chi connectivity index (χ4n) is 2.36. The summed E-state index contributed by atoms with van der Waals surface area (Å²) in [4.78, 5) is 0. The summed E-state index contributed by atoms with van der Waals surface area (Å²) >= 11 is 6.09. The van der Waals surface area contributed by atoms with Gasteiger partial charge in [0.1, 0.15) is 6.07 Å². The number of rotatable bonds is 2. The summed E-state index contributed by atoms with van der Waals surface area (Å²) in [6.45, 7) is 8.10. The molecule has 1 heterocycles. The minimum atomic E-state index is 0. The lowest BCUT2D eigenvalue weighted by atomic mass is 10.2. The first-order valence-electron chi connectivity index (χ1n) is 5.76. The van der Waals surface area contributed by atoms with Crippen LogP contribution in [0.25, 0.3) is 11.0 Å². The highest BCUT2D eigenvalue weighted by atomic mass is 127. The zero-order valence-corrected chi connectivity index (χ0v) is 13.6. The summed E-state index contributed by atoms with van der Waals surface area (Å²) in [6, 6.07) is 5.89. The molecule has 0 spiro atoms. The van der Waals surface area contributed by atoms with Gasteiger partial charge in [-0.15, -0.1) is 0 Å². The molecular formula is C13H15ClIN3. The van der Waals surface area contributed by atoms with Crippen molar-refractivity contribution >= 4 is 22.6 Å². The van der Waals surface area contributed by atoms with Crippen molar-refractivity contribution in [3.8, 4) is 6.07 Å². The van der Waals surface area contributed by atoms with Crippen molar-refractivity contribution < 1.29 is 28.5 Å². The van der Waals surface area contributed by atoms with E-state index in [0.29, 0.717) is 10.6 Å². The van der Waals surface area contributed by atoms with Gasteiger partial charge in [0.25, 0.3) is 5.82 Å². The van der Waals surface area contributed by atoms with Gasteiger partial charge in [0.05, 0.1) is 23.7 Å². The monoisotopic (exact) mass is 375 g/mol. The molecule has 0 radical (unpaired) electrons. The second-order valence-corrected chi connectivity index (χ2v) is 4.38. The van der Waals surface area contributed by atoms with E-state index in [1.807, 2.05) is 12.1 Å². The number of nitriles is 1. The van der Waals surface area contributed by atoms with Crippen LogP contribution < -0.4 is 28.5 Å². The highest BCUT2D eigenvalue weighted by Gasteiger charge is 2.21. The lowest BCUT2D eigenvalue weighted by Crippen LogP contribution is -3.00. The molecule has 1 aromatic heterocycles. The van der Waals surface area contributed by atoms with Gasteiger partial charge in [-0.2, -0.15) is 5.26 Å². The van der Waals surface area contributed by atoms with E-state index in [0.717, 1.165) is 24.1 Å². The zero-order valence-electron chi connectivity index (χ0n) is 10.7. The largest absolute Gasteiger partial charge is 1.00 e. The van der Waals surface area contributed by atoms with E-state index in [9.17, 15) is 0 Å². The molecular weight excluding hydrogens is 361 g/mol. The van der Waals surface area contributed by atoms with Gasteiger partial charge < -0.3 is 24.0 Å². The Morgan fingerprint density at radius 2 is 2.06 bits per heavy atom. The number of benzene rings is 1. The predicted octanol–water partition coefficient (Wildman–Crippen LogP) is -0.194. The maximum absolute atomic E-state index is 9.02. The Bertz CT molecular complexity index is 625. The fraction of sp³-hybridized carbons (Fsp3) is 0.385. The number of hydrogen-bond donors (Lipinski definition) is 0. The Hall–Kier alpha value is -0.800. The number of fused-ring (bicyclic) bond motifs is 1. The highest BCUT2D eigenvalue weighted by molar-refractivity contribution is 6.32. The Labute approximate surface area is 129 Å². The van der Waals surface area contributed by atoms with E-state index in [1.54, 1.807) is 0 Å². The molecule has 2 rings (SSSR count). The molecule has 0 saturated heterocycles. The zero-order chi connectivity index (χ0) is 12.6. The van der Waals surface area contributed by atoms with Crippen molar-refractivity contribution in [2.45, 2.75) is 33.9 Å². The molecule has 0 saturated carbocycles. The molecule has 0 fully saturated rings. The van der Waals surface area contributed by atoms with Gasteiger partial charge in [0.15, 0.2) is 11.0 Å². The summed E-state index contributed by atoms with van der Waals surface area (Å²) in [5.41, 5.74) is 2.71. The van der Waals surface area contributed by atoms with Crippen LogP contribution in [0.5, 0.6) is 0 Å². The number of nitrogens with zero attached hydrogens (tertiary/aromatic N) is 3. The average molecular weight is 376 g/mol. The molecule has 0 unspecified atom stereocenters. The highest BCUT2D eigenvalue weighted by Crippen LogP contribution is 2.23. The van der Waals surface area contributed by atoms with Gasteiger partial charge >= 0.3 is 0 Å². The van der Waals surface area contributed by atoms with Crippen molar-refractivity contribution in [3.05, 3.63) is 28.5 Å². The maximum atomic E-state index is 9.02. The lowest BCUT2D eigenvalue weighted by molar-refractivity contribution is -0.674. The smallest absolute Gasteiger partial charge is 0.254 e. The number of hydrogen-bond acceptors (Lipinski definition) is 1. The quantitative estimate of drug-likeness (QED) is 0.529. The molecule has 0 aliphatic carbocycles. The lowest BCUT2D eigenvalue weighted by Gasteiger charge is -1.95.